The third kappa shape index (κ3) is 6.64. The van der Waals surface area contributed by atoms with Crippen molar-refractivity contribution < 1.29 is 14.4 Å². The number of para-hydroxylation sites is 1. The van der Waals surface area contributed by atoms with Gasteiger partial charge in [0.2, 0.25) is 11.8 Å². The highest BCUT2D eigenvalue weighted by Crippen LogP contribution is 2.27. The average molecular weight is 394 g/mol. The predicted molar refractivity (Wildman–Crippen MR) is 113 cm³/mol. The van der Waals surface area contributed by atoms with E-state index in [4.69, 9.17) is 0 Å². The van der Waals surface area contributed by atoms with Crippen molar-refractivity contribution in [3.05, 3.63) is 60.2 Å². The monoisotopic (exact) mass is 394 g/mol. The molecule has 0 atom stereocenters. The number of benzene rings is 2. The Morgan fingerprint density at radius 3 is 2.45 bits per heavy atom. The van der Waals surface area contributed by atoms with Gasteiger partial charge in [0.25, 0.3) is 0 Å². The van der Waals surface area contributed by atoms with Crippen LogP contribution < -0.4 is 20.9 Å². The third-order valence-corrected chi connectivity index (χ3v) is 4.63. The largest absolute Gasteiger partial charge is 0.354 e. The van der Waals surface area contributed by atoms with Crippen LogP contribution in [0.15, 0.2) is 54.6 Å². The summed E-state index contributed by atoms with van der Waals surface area (Å²) >= 11 is 0. The van der Waals surface area contributed by atoms with E-state index < -0.39 is 6.03 Å². The number of hydrogen-bond donors (Lipinski definition) is 3. The van der Waals surface area contributed by atoms with Gasteiger partial charge in [-0.2, -0.15) is 0 Å². The molecule has 152 valence electrons. The summed E-state index contributed by atoms with van der Waals surface area (Å²) in [6.45, 7) is 2.27. The number of anilines is 2. The summed E-state index contributed by atoms with van der Waals surface area (Å²) in [4.78, 5) is 38.5. The first-order valence-electron chi connectivity index (χ1n) is 9.75. The lowest BCUT2D eigenvalue weighted by atomic mass is 10.2. The van der Waals surface area contributed by atoms with Gasteiger partial charge in [-0.3, -0.25) is 9.59 Å². The zero-order valence-corrected chi connectivity index (χ0v) is 16.5. The molecule has 0 radical (unpaired) electrons. The average Bonchev–Trinajstić information content (AvgIpc) is 3.54. The van der Waals surface area contributed by atoms with Crippen LogP contribution in [0.25, 0.3) is 0 Å². The van der Waals surface area contributed by atoms with Crippen LogP contribution in [-0.4, -0.2) is 37.5 Å². The van der Waals surface area contributed by atoms with Crippen LogP contribution in [0.5, 0.6) is 0 Å². The van der Waals surface area contributed by atoms with Gasteiger partial charge in [-0.1, -0.05) is 30.3 Å². The van der Waals surface area contributed by atoms with Crippen LogP contribution in [0.3, 0.4) is 0 Å². The van der Waals surface area contributed by atoms with E-state index in [2.05, 4.69) is 16.0 Å². The van der Waals surface area contributed by atoms with E-state index in [0.29, 0.717) is 23.8 Å². The summed E-state index contributed by atoms with van der Waals surface area (Å²) in [5, 5.41) is 8.13. The van der Waals surface area contributed by atoms with E-state index >= 15 is 0 Å². The summed E-state index contributed by atoms with van der Waals surface area (Å²) in [6, 6.07) is 15.9. The van der Waals surface area contributed by atoms with Crippen LogP contribution in [0.4, 0.5) is 16.2 Å². The summed E-state index contributed by atoms with van der Waals surface area (Å²) in [6.07, 6.45) is 2.28. The molecule has 2 aromatic carbocycles. The first kappa shape index (κ1) is 20.4. The van der Waals surface area contributed by atoms with Gasteiger partial charge in [-0.05, 0) is 55.5 Å². The molecule has 3 N–H and O–H groups in total. The number of amides is 4. The van der Waals surface area contributed by atoms with Crippen LogP contribution in [-0.2, 0) is 9.59 Å². The number of carbonyl (C=O) groups is 3. The number of nitrogens with one attached hydrogen (secondary N) is 3. The maximum atomic E-state index is 12.7. The van der Waals surface area contributed by atoms with Gasteiger partial charge in [0.1, 0.15) is 6.54 Å². The Morgan fingerprint density at radius 2 is 1.76 bits per heavy atom. The summed E-state index contributed by atoms with van der Waals surface area (Å²) in [5.74, 6) is -0.0118. The Labute approximate surface area is 170 Å². The molecular weight excluding hydrogens is 368 g/mol. The molecule has 0 spiro atoms. The summed E-state index contributed by atoms with van der Waals surface area (Å²) < 4.78 is 0. The minimum atomic E-state index is -0.477. The van der Waals surface area contributed by atoms with Crippen LogP contribution >= 0.6 is 0 Å². The van der Waals surface area contributed by atoms with Crippen LogP contribution in [0, 0.1) is 12.8 Å². The lowest BCUT2D eigenvalue weighted by Gasteiger charge is -2.22. The Kier molecular flexibility index (Phi) is 6.84. The molecular formula is C22H26N4O3. The van der Waals surface area contributed by atoms with Gasteiger partial charge in [-0.15, -0.1) is 0 Å². The van der Waals surface area contributed by atoms with Gasteiger partial charge < -0.3 is 20.9 Å². The maximum absolute atomic E-state index is 12.7. The van der Waals surface area contributed by atoms with E-state index in [9.17, 15) is 14.4 Å². The standard InChI is InChI=1S/C22H26N4O3/c1-16-6-5-7-18(12-16)25-22(29)24-14-21(28)26(19-8-3-2-4-9-19)15-20(27)23-13-17-10-11-17/h2-9,12,17H,10-11,13-15H2,1H3,(H,23,27)(H2,24,25,29). The smallest absolute Gasteiger partial charge is 0.319 e. The second kappa shape index (κ2) is 9.73. The third-order valence-electron chi connectivity index (χ3n) is 4.63. The molecule has 0 aromatic heterocycles. The van der Waals surface area contributed by atoms with Gasteiger partial charge in [-0.25, -0.2) is 4.79 Å². The summed E-state index contributed by atoms with van der Waals surface area (Å²) in [5.41, 5.74) is 2.28. The topological polar surface area (TPSA) is 90.5 Å². The summed E-state index contributed by atoms with van der Waals surface area (Å²) in [7, 11) is 0. The van der Waals surface area contributed by atoms with Crippen molar-refractivity contribution in [3.8, 4) is 0 Å². The van der Waals surface area contributed by atoms with Crippen LogP contribution in [0.2, 0.25) is 0 Å². The molecule has 29 heavy (non-hydrogen) atoms. The number of urea groups is 1. The van der Waals surface area contributed by atoms with E-state index in [1.807, 2.05) is 31.2 Å². The van der Waals surface area contributed by atoms with Gasteiger partial charge in [0, 0.05) is 17.9 Å². The lowest BCUT2D eigenvalue weighted by Crippen LogP contribution is -2.46. The second-order valence-electron chi connectivity index (χ2n) is 7.24. The Balaban J connectivity index is 1.56. The number of aryl methyl sites for hydroxylation is 1. The molecule has 7 nitrogen and oxygen atoms in total. The van der Waals surface area contributed by atoms with E-state index in [-0.39, 0.29) is 24.9 Å². The molecule has 0 bridgehead atoms. The number of hydrogen-bond acceptors (Lipinski definition) is 3. The van der Waals surface area contributed by atoms with Crippen molar-refractivity contribution in [2.24, 2.45) is 5.92 Å². The maximum Gasteiger partial charge on any atom is 0.319 e. The number of rotatable bonds is 8. The fraction of sp³-hybridized carbons (Fsp3) is 0.318. The molecule has 1 fully saturated rings. The Hall–Kier alpha value is -3.35. The highest BCUT2D eigenvalue weighted by Gasteiger charge is 2.23. The molecule has 1 saturated carbocycles. The molecule has 3 rings (SSSR count). The van der Waals surface area contributed by atoms with Gasteiger partial charge in [0.05, 0.1) is 6.54 Å². The molecule has 4 amide bonds. The first-order valence-corrected chi connectivity index (χ1v) is 9.75. The number of carbonyl (C=O) groups excluding carboxylic acids is 3. The van der Waals surface area contributed by atoms with Crippen molar-refractivity contribution >= 4 is 29.2 Å². The lowest BCUT2D eigenvalue weighted by molar-refractivity contribution is -0.123. The normalized spacial score (nSPS) is 12.7. The minimum Gasteiger partial charge on any atom is -0.354 e. The van der Waals surface area contributed by atoms with Gasteiger partial charge >= 0.3 is 6.03 Å². The van der Waals surface area contributed by atoms with Crippen molar-refractivity contribution in [2.45, 2.75) is 19.8 Å². The quantitative estimate of drug-likeness (QED) is 0.643. The molecule has 7 heteroatoms. The van der Waals surface area contributed by atoms with Gasteiger partial charge in [0.15, 0.2) is 0 Å². The fourth-order valence-corrected chi connectivity index (χ4v) is 2.86. The molecule has 2 aromatic rings. The number of nitrogens with zero attached hydrogens (tertiary/aromatic N) is 1. The predicted octanol–water partition coefficient (Wildman–Crippen LogP) is 2.68. The highest BCUT2D eigenvalue weighted by molar-refractivity contribution is 6.01. The zero-order chi connectivity index (χ0) is 20.6. The van der Waals surface area contributed by atoms with Crippen molar-refractivity contribution in [1.29, 1.82) is 0 Å². The zero-order valence-electron chi connectivity index (χ0n) is 16.5. The van der Waals surface area contributed by atoms with E-state index in [1.165, 1.54) is 4.90 Å². The highest BCUT2D eigenvalue weighted by atomic mass is 16.2. The van der Waals surface area contributed by atoms with Crippen molar-refractivity contribution in [2.75, 3.05) is 29.9 Å². The van der Waals surface area contributed by atoms with E-state index in [1.54, 1.807) is 30.3 Å². The molecule has 0 saturated heterocycles. The molecule has 1 aliphatic carbocycles. The second-order valence-corrected chi connectivity index (χ2v) is 7.24. The minimum absolute atomic E-state index is 0.0866. The molecule has 0 unspecified atom stereocenters. The van der Waals surface area contributed by atoms with Crippen molar-refractivity contribution in [1.82, 2.24) is 10.6 Å². The Morgan fingerprint density at radius 1 is 1.00 bits per heavy atom. The molecule has 0 aliphatic heterocycles. The first-order chi connectivity index (χ1) is 14.0. The van der Waals surface area contributed by atoms with Crippen molar-refractivity contribution in [3.63, 3.8) is 0 Å². The fourth-order valence-electron chi connectivity index (χ4n) is 2.86. The Bertz CT molecular complexity index is 865. The SMILES string of the molecule is Cc1cccc(NC(=O)NCC(=O)N(CC(=O)NCC2CC2)c2ccccc2)c1. The van der Waals surface area contributed by atoms with E-state index in [0.717, 1.165) is 18.4 Å². The molecule has 0 heterocycles. The molecule has 1 aliphatic rings. The van der Waals surface area contributed by atoms with Crippen LogP contribution in [0.1, 0.15) is 18.4 Å².